The van der Waals surface area contributed by atoms with Crippen molar-refractivity contribution in [3.05, 3.63) is 54.1 Å². The van der Waals surface area contributed by atoms with E-state index in [0.717, 1.165) is 5.75 Å². The monoisotopic (exact) mass is 342 g/mol. The summed E-state index contributed by atoms with van der Waals surface area (Å²) in [5.74, 6) is 0.142. The van der Waals surface area contributed by atoms with Gasteiger partial charge in [-0.2, -0.15) is 0 Å². The molecule has 1 amide bonds. The molecule has 6 nitrogen and oxygen atoms in total. The first kappa shape index (κ1) is 18.3. The van der Waals surface area contributed by atoms with Gasteiger partial charge in [-0.25, -0.2) is 4.79 Å². The summed E-state index contributed by atoms with van der Waals surface area (Å²) in [5, 5.41) is 5.77. The van der Waals surface area contributed by atoms with Gasteiger partial charge in [-0.05, 0) is 56.3 Å². The van der Waals surface area contributed by atoms with Gasteiger partial charge in [-0.1, -0.05) is 6.07 Å². The van der Waals surface area contributed by atoms with Gasteiger partial charge < -0.3 is 20.1 Å². The van der Waals surface area contributed by atoms with Crippen LogP contribution in [0.25, 0.3) is 0 Å². The highest BCUT2D eigenvalue weighted by molar-refractivity contribution is 5.94. The van der Waals surface area contributed by atoms with Crippen LogP contribution in [0.4, 0.5) is 11.4 Å². The number of esters is 1. The minimum Gasteiger partial charge on any atom is -0.491 e. The van der Waals surface area contributed by atoms with Crippen molar-refractivity contribution in [2.24, 2.45) is 0 Å². The number of methoxy groups -OCH3 is 1. The Kier molecular flexibility index (Phi) is 6.39. The zero-order valence-electron chi connectivity index (χ0n) is 14.5. The van der Waals surface area contributed by atoms with Gasteiger partial charge in [0.1, 0.15) is 5.75 Å². The third kappa shape index (κ3) is 5.84. The van der Waals surface area contributed by atoms with Crippen molar-refractivity contribution in [3.8, 4) is 5.75 Å². The summed E-state index contributed by atoms with van der Waals surface area (Å²) in [4.78, 5) is 23.5. The third-order valence-corrected chi connectivity index (χ3v) is 3.25. The molecular formula is C19H22N2O4. The number of rotatable bonds is 7. The summed E-state index contributed by atoms with van der Waals surface area (Å²) < 4.78 is 10.2. The highest BCUT2D eigenvalue weighted by Crippen LogP contribution is 2.17. The fourth-order valence-electron chi connectivity index (χ4n) is 2.15. The molecule has 25 heavy (non-hydrogen) atoms. The molecule has 0 aromatic heterocycles. The predicted octanol–water partition coefficient (Wildman–Crippen LogP) is 3.31. The molecule has 0 heterocycles. The average molecular weight is 342 g/mol. The third-order valence-electron chi connectivity index (χ3n) is 3.25. The van der Waals surface area contributed by atoms with E-state index in [1.807, 2.05) is 26.0 Å². The Labute approximate surface area is 147 Å². The average Bonchev–Trinajstić information content (AvgIpc) is 2.61. The van der Waals surface area contributed by atoms with Crippen molar-refractivity contribution >= 4 is 23.3 Å². The quantitative estimate of drug-likeness (QED) is 0.755. The van der Waals surface area contributed by atoms with Gasteiger partial charge in [0.05, 0.1) is 25.3 Å². The second kappa shape index (κ2) is 8.73. The van der Waals surface area contributed by atoms with Gasteiger partial charge in [-0.15, -0.1) is 0 Å². The highest BCUT2D eigenvalue weighted by atomic mass is 16.5. The van der Waals surface area contributed by atoms with E-state index in [-0.39, 0.29) is 18.6 Å². The number of carbonyl (C=O) groups is 2. The molecule has 6 heteroatoms. The van der Waals surface area contributed by atoms with Gasteiger partial charge in [0.15, 0.2) is 0 Å². The molecule has 0 aliphatic carbocycles. The van der Waals surface area contributed by atoms with Gasteiger partial charge >= 0.3 is 5.97 Å². The van der Waals surface area contributed by atoms with Crippen molar-refractivity contribution in [2.45, 2.75) is 20.0 Å². The van der Waals surface area contributed by atoms with Gasteiger partial charge in [-0.3, -0.25) is 4.79 Å². The summed E-state index contributed by atoms with van der Waals surface area (Å²) in [5.41, 5.74) is 1.78. The van der Waals surface area contributed by atoms with E-state index in [1.54, 1.807) is 36.4 Å². The molecule has 2 N–H and O–H groups in total. The molecule has 0 aliphatic rings. The van der Waals surface area contributed by atoms with Crippen molar-refractivity contribution in [1.82, 2.24) is 0 Å². The van der Waals surface area contributed by atoms with Crippen LogP contribution in [0.1, 0.15) is 24.2 Å². The van der Waals surface area contributed by atoms with Crippen LogP contribution in [0.5, 0.6) is 5.75 Å². The van der Waals surface area contributed by atoms with Crippen LogP contribution in [0, 0.1) is 0 Å². The maximum Gasteiger partial charge on any atom is 0.337 e. The molecule has 2 aromatic rings. The van der Waals surface area contributed by atoms with Crippen LogP contribution in [0.2, 0.25) is 0 Å². The Hall–Kier alpha value is -3.02. The fourth-order valence-corrected chi connectivity index (χ4v) is 2.15. The number of ether oxygens (including phenoxy) is 2. The molecule has 0 atom stereocenters. The lowest BCUT2D eigenvalue weighted by atomic mass is 10.2. The van der Waals surface area contributed by atoms with Gasteiger partial charge in [0.2, 0.25) is 5.91 Å². The number of carbonyl (C=O) groups excluding carboxylic acids is 2. The van der Waals surface area contributed by atoms with Crippen LogP contribution in [-0.2, 0) is 9.53 Å². The number of amides is 1. The molecule has 0 spiro atoms. The second-order valence-corrected chi connectivity index (χ2v) is 5.67. The maximum absolute atomic E-state index is 12.0. The summed E-state index contributed by atoms with van der Waals surface area (Å²) in [7, 11) is 1.33. The molecule has 132 valence electrons. The van der Waals surface area contributed by atoms with Gasteiger partial charge in [0.25, 0.3) is 0 Å². The molecule has 0 saturated carbocycles. The topological polar surface area (TPSA) is 76.7 Å². The molecule has 0 saturated heterocycles. The molecule has 2 rings (SSSR count). The Morgan fingerprint density at radius 2 is 1.76 bits per heavy atom. The van der Waals surface area contributed by atoms with Crippen molar-refractivity contribution < 1.29 is 19.1 Å². The van der Waals surface area contributed by atoms with Crippen LogP contribution >= 0.6 is 0 Å². The Morgan fingerprint density at radius 1 is 1.04 bits per heavy atom. The standard InChI is InChI=1S/C19H22N2O4/c1-13(2)25-17-9-7-15(8-10-17)21-18(22)12-20-16-6-4-5-14(11-16)19(23)24-3/h4-11,13,20H,12H2,1-3H3,(H,21,22). The second-order valence-electron chi connectivity index (χ2n) is 5.67. The molecule has 0 aliphatic heterocycles. The number of hydrogen-bond donors (Lipinski definition) is 2. The largest absolute Gasteiger partial charge is 0.491 e. The van der Waals surface area contributed by atoms with E-state index in [4.69, 9.17) is 4.74 Å². The molecule has 0 radical (unpaired) electrons. The lowest BCUT2D eigenvalue weighted by molar-refractivity contribution is -0.114. The van der Waals surface area contributed by atoms with Crippen LogP contribution < -0.4 is 15.4 Å². The SMILES string of the molecule is COC(=O)c1cccc(NCC(=O)Nc2ccc(OC(C)C)cc2)c1. The summed E-state index contributed by atoms with van der Waals surface area (Å²) in [6, 6.07) is 14.0. The first-order valence-electron chi connectivity index (χ1n) is 7.96. The van der Waals surface area contributed by atoms with E-state index >= 15 is 0 Å². The Bertz CT molecular complexity index is 726. The minimum absolute atomic E-state index is 0.0782. The molecule has 0 fully saturated rings. The lowest BCUT2D eigenvalue weighted by Crippen LogP contribution is -2.21. The Balaban J connectivity index is 1.87. The smallest absolute Gasteiger partial charge is 0.337 e. The highest BCUT2D eigenvalue weighted by Gasteiger charge is 2.07. The number of benzene rings is 2. The zero-order chi connectivity index (χ0) is 18.2. The minimum atomic E-state index is -0.420. The van der Waals surface area contributed by atoms with Gasteiger partial charge in [0, 0.05) is 11.4 Å². The van der Waals surface area contributed by atoms with Crippen molar-refractivity contribution in [1.29, 1.82) is 0 Å². The van der Waals surface area contributed by atoms with E-state index in [1.165, 1.54) is 7.11 Å². The predicted molar refractivity (Wildman–Crippen MR) is 97.1 cm³/mol. The molecule has 0 bridgehead atoms. The lowest BCUT2D eigenvalue weighted by Gasteiger charge is -2.11. The van der Waals surface area contributed by atoms with E-state index in [0.29, 0.717) is 16.9 Å². The molecular weight excluding hydrogens is 320 g/mol. The van der Waals surface area contributed by atoms with Crippen LogP contribution in [0.3, 0.4) is 0 Å². The van der Waals surface area contributed by atoms with E-state index in [2.05, 4.69) is 15.4 Å². The summed E-state index contributed by atoms with van der Waals surface area (Å²) >= 11 is 0. The molecule has 0 unspecified atom stereocenters. The van der Waals surface area contributed by atoms with Crippen LogP contribution in [-0.4, -0.2) is 31.6 Å². The summed E-state index contributed by atoms with van der Waals surface area (Å²) in [6.07, 6.45) is 0.102. The maximum atomic E-state index is 12.0. The normalized spacial score (nSPS) is 10.2. The van der Waals surface area contributed by atoms with E-state index in [9.17, 15) is 9.59 Å². The summed E-state index contributed by atoms with van der Waals surface area (Å²) in [6.45, 7) is 3.99. The number of anilines is 2. The number of hydrogen-bond acceptors (Lipinski definition) is 5. The molecule has 2 aromatic carbocycles. The van der Waals surface area contributed by atoms with E-state index < -0.39 is 5.97 Å². The Morgan fingerprint density at radius 3 is 2.40 bits per heavy atom. The first-order chi connectivity index (χ1) is 12.0. The van der Waals surface area contributed by atoms with Crippen LogP contribution in [0.15, 0.2) is 48.5 Å². The van der Waals surface area contributed by atoms with Crippen molar-refractivity contribution in [2.75, 3.05) is 24.3 Å². The zero-order valence-corrected chi connectivity index (χ0v) is 14.5. The van der Waals surface area contributed by atoms with Crippen molar-refractivity contribution in [3.63, 3.8) is 0 Å². The fraction of sp³-hybridized carbons (Fsp3) is 0.263. The first-order valence-corrected chi connectivity index (χ1v) is 7.96. The number of nitrogens with one attached hydrogen (secondary N) is 2.